The Morgan fingerprint density at radius 3 is 2.50 bits per heavy atom. The number of aliphatic hydroxyl groups excluding tert-OH is 1. The second kappa shape index (κ2) is 6.60. The number of hydrogen-bond acceptors (Lipinski definition) is 3. The van der Waals surface area contributed by atoms with E-state index in [0.29, 0.717) is 5.25 Å². The number of thioether (sulfide) groups is 1. The predicted octanol–water partition coefficient (Wildman–Crippen LogP) is 3.49. The van der Waals surface area contributed by atoms with Gasteiger partial charge in [0.2, 0.25) is 0 Å². The molecule has 1 aromatic rings. The van der Waals surface area contributed by atoms with Gasteiger partial charge < -0.3 is 10.8 Å². The van der Waals surface area contributed by atoms with E-state index in [-0.39, 0.29) is 12.1 Å². The predicted molar refractivity (Wildman–Crippen MR) is 77.8 cm³/mol. The summed E-state index contributed by atoms with van der Waals surface area (Å²) < 4.78 is 0. The van der Waals surface area contributed by atoms with Crippen LogP contribution in [0.4, 0.5) is 0 Å². The Morgan fingerprint density at radius 1 is 1.17 bits per heavy atom. The molecule has 3 atom stereocenters. The maximum absolute atomic E-state index is 10.1. The molecule has 1 fully saturated rings. The van der Waals surface area contributed by atoms with Crippen molar-refractivity contribution in [1.82, 2.24) is 0 Å². The number of benzene rings is 1. The summed E-state index contributed by atoms with van der Waals surface area (Å²) in [5.41, 5.74) is 7.01. The van der Waals surface area contributed by atoms with Crippen LogP contribution in [0.1, 0.15) is 50.6 Å². The SMILES string of the molecule is CC(N)c1ccc(SC2CCCCCC2O)cc1. The van der Waals surface area contributed by atoms with Gasteiger partial charge >= 0.3 is 0 Å². The normalized spacial score (nSPS) is 26.6. The van der Waals surface area contributed by atoms with E-state index in [4.69, 9.17) is 5.73 Å². The maximum Gasteiger partial charge on any atom is 0.0662 e. The minimum absolute atomic E-state index is 0.0903. The number of nitrogens with two attached hydrogens (primary N) is 1. The van der Waals surface area contributed by atoms with Gasteiger partial charge in [0, 0.05) is 16.2 Å². The van der Waals surface area contributed by atoms with Crippen LogP contribution in [0.3, 0.4) is 0 Å². The van der Waals surface area contributed by atoms with Gasteiger partial charge in [-0.2, -0.15) is 0 Å². The molecule has 3 N–H and O–H groups in total. The van der Waals surface area contributed by atoms with Gasteiger partial charge in [-0.05, 0) is 37.5 Å². The molecule has 1 aliphatic rings. The van der Waals surface area contributed by atoms with Crippen LogP contribution in [0.25, 0.3) is 0 Å². The molecule has 0 radical (unpaired) electrons. The number of hydrogen-bond donors (Lipinski definition) is 2. The molecular weight excluding hydrogens is 242 g/mol. The van der Waals surface area contributed by atoms with Crippen molar-refractivity contribution >= 4 is 11.8 Å². The molecule has 100 valence electrons. The lowest BCUT2D eigenvalue weighted by atomic mass is 10.1. The average molecular weight is 265 g/mol. The zero-order valence-corrected chi connectivity index (χ0v) is 11.8. The van der Waals surface area contributed by atoms with E-state index in [0.717, 1.165) is 12.8 Å². The summed E-state index contributed by atoms with van der Waals surface area (Å²) in [6.45, 7) is 2.00. The van der Waals surface area contributed by atoms with Crippen LogP contribution in [0.5, 0.6) is 0 Å². The van der Waals surface area contributed by atoms with E-state index in [1.165, 1.54) is 29.7 Å². The molecule has 0 aromatic heterocycles. The van der Waals surface area contributed by atoms with Crippen molar-refractivity contribution < 1.29 is 5.11 Å². The highest BCUT2D eigenvalue weighted by atomic mass is 32.2. The Bertz CT molecular complexity index is 363. The van der Waals surface area contributed by atoms with Gasteiger partial charge in [0.15, 0.2) is 0 Å². The fraction of sp³-hybridized carbons (Fsp3) is 0.600. The lowest BCUT2D eigenvalue weighted by molar-refractivity contribution is 0.163. The molecular formula is C15H23NOS. The van der Waals surface area contributed by atoms with Crippen molar-refractivity contribution in [2.24, 2.45) is 5.73 Å². The fourth-order valence-corrected chi connectivity index (χ4v) is 3.64. The second-order valence-electron chi connectivity index (χ2n) is 5.22. The maximum atomic E-state index is 10.1. The van der Waals surface area contributed by atoms with Crippen molar-refractivity contribution in [3.63, 3.8) is 0 Å². The quantitative estimate of drug-likeness (QED) is 0.822. The largest absolute Gasteiger partial charge is 0.392 e. The number of rotatable bonds is 3. The van der Waals surface area contributed by atoms with Crippen LogP contribution in [-0.4, -0.2) is 16.5 Å². The zero-order valence-electron chi connectivity index (χ0n) is 11.0. The molecule has 18 heavy (non-hydrogen) atoms. The summed E-state index contributed by atoms with van der Waals surface area (Å²) >= 11 is 1.82. The third-order valence-corrected chi connectivity index (χ3v) is 5.01. The molecule has 3 heteroatoms. The fourth-order valence-electron chi connectivity index (χ4n) is 2.42. The van der Waals surface area contributed by atoms with Crippen molar-refractivity contribution in [2.75, 3.05) is 0 Å². The van der Waals surface area contributed by atoms with Gasteiger partial charge in [-0.25, -0.2) is 0 Å². The minimum atomic E-state index is -0.148. The molecule has 0 bridgehead atoms. The lowest BCUT2D eigenvalue weighted by Crippen LogP contribution is -2.21. The van der Waals surface area contributed by atoms with Gasteiger partial charge in [-0.15, -0.1) is 11.8 Å². The molecule has 0 spiro atoms. The van der Waals surface area contributed by atoms with Crippen LogP contribution in [0, 0.1) is 0 Å². The molecule has 0 aliphatic heterocycles. The first-order valence-electron chi connectivity index (χ1n) is 6.87. The zero-order chi connectivity index (χ0) is 13.0. The summed E-state index contributed by atoms with van der Waals surface area (Å²) in [7, 11) is 0. The van der Waals surface area contributed by atoms with Crippen LogP contribution >= 0.6 is 11.8 Å². The molecule has 2 nitrogen and oxygen atoms in total. The van der Waals surface area contributed by atoms with Crippen molar-refractivity contribution in [3.8, 4) is 0 Å². The third kappa shape index (κ3) is 3.74. The van der Waals surface area contributed by atoms with Gasteiger partial charge in [0.05, 0.1) is 6.10 Å². The van der Waals surface area contributed by atoms with E-state index in [9.17, 15) is 5.11 Å². The molecule has 2 rings (SSSR count). The van der Waals surface area contributed by atoms with Crippen molar-refractivity contribution in [2.45, 2.75) is 61.3 Å². The first-order chi connectivity index (χ1) is 8.66. The average Bonchev–Trinajstić information content (AvgIpc) is 2.56. The lowest BCUT2D eigenvalue weighted by Gasteiger charge is -2.20. The highest BCUT2D eigenvalue weighted by molar-refractivity contribution is 8.00. The summed E-state index contributed by atoms with van der Waals surface area (Å²) in [6.07, 6.45) is 5.61. The Hall–Kier alpha value is -0.510. The Kier molecular flexibility index (Phi) is 5.10. The van der Waals surface area contributed by atoms with E-state index in [1.807, 2.05) is 18.7 Å². The topological polar surface area (TPSA) is 46.2 Å². The van der Waals surface area contributed by atoms with Gasteiger partial charge in [-0.1, -0.05) is 31.4 Å². The molecule has 1 aromatic carbocycles. The molecule has 0 heterocycles. The Morgan fingerprint density at radius 2 is 1.83 bits per heavy atom. The van der Waals surface area contributed by atoms with Crippen molar-refractivity contribution in [3.05, 3.63) is 29.8 Å². The number of aliphatic hydroxyl groups is 1. The van der Waals surface area contributed by atoms with E-state index in [2.05, 4.69) is 24.3 Å². The molecule has 0 amide bonds. The van der Waals surface area contributed by atoms with E-state index < -0.39 is 0 Å². The second-order valence-corrected chi connectivity index (χ2v) is 6.53. The van der Waals surface area contributed by atoms with Crippen LogP contribution in [-0.2, 0) is 0 Å². The van der Waals surface area contributed by atoms with Crippen LogP contribution in [0.15, 0.2) is 29.2 Å². The Labute approximate surface area is 114 Å². The first-order valence-corrected chi connectivity index (χ1v) is 7.75. The van der Waals surface area contributed by atoms with Crippen LogP contribution in [0.2, 0.25) is 0 Å². The highest BCUT2D eigenvalue weighted by Gasteiger charge is 2.22. The van der Waals surface area contributed by atoms with Gasteiger partial charge in [0.1, 0.15) is 0 Å². The highest BCUT2D eigenvalue weighted by Crippen LogP contribution is 2.33. The molecule has 3 unspecified atom stereocenters. The smallest absolute Gasteiger partial charge is 0.0662 e. The van der Waals surface area contributed by atoms with Crippen molar-refractivity contribution in [1.29, 1.82) is 0 Å². The van der Waals surface area contributed by atoms with E-state index in [1.54, 1.807) is 0 Å². The van der Waals surface area contributed by atoms with Gasteiger partial charge in [-0.3, -0.25) is 0 Å². The summed E-state index contributed by atoms with van der Waals surface area (Å²) in [5.74, 6) is 0. The Balaban J connectivity index is 1.99. The minimum Gasteiger partial charge on any atom is -0.392 e. The standard InChI is InChI=1S/C15H23NOS/c1-11(16)12-7-9-13(10-8-12)18-15-6-4-2-3-5-14(15)17/h7-11,14-15,17H,2-6,16H2,1H3. The molecule has 1 aliphatic carbocycles. The van der Waals surface area contributed by atoms with Crippen LogP contribution < -0.4 is 5.73 Å². The monoisotopic (exact) mass is 265 g/mol. The third-order valence-electron chi connectivity index (χ3n) is 3.61. The van der Waals surface area contributed by atoms with E-state index >= 15 is 0 Å². The van der Waals surface area contributed by atoms with Gasteiger partial charge in [0.25, 0.3) is 0 Å². The summed E-state index contributed by atoms with van der Waals surface area (Å²) in [5, 5.41) is 10.5. The first kappa shape index (κ1) is 13.9. The molecule has 1 saturated carbocycles. The summed E-state index contributed by atoms with van der Waals surface area (Å²) in [4.78, 5) is 1.24. The summed E-state index contributed by atoms with van der Waals surface area (Å²) in [6, 6.07) is 8.53. The molecule has 0 saturated heterocycles.